The first kappa shape index (κ1) is 9.13. The van der Waals surface area contributed by atoms with Gasteiger partial charge in [-0.05, 0) is 37.3 Å². The summed E-state index contributed by atoms with van der Waals surface area (Å²) in [6, 6.07) is 0. The molecule has 0 bridgehead atoms. The van der Waals surface area contributed by atoms with Crippen molar-refractivity contribution in [3.05, 3.63) is 0 Å². The van der Waals surface area contributed by atoms with E-state index in [2.05, 4.69) is 10.2 Å². The van der Waals surface area contributed by atoms with Crippen molar-refractivity contribution in [2.45, 2.75) is 6.42 Å². The normalized spacial score (nSPS) is 43.3. The van der Waals surface area contributed by atoms with Crippen LogP contribution in [0.1, 0.15) is 6.42 Å². The summed E-state index contributed by atoms with van der Waals surface area (Å²) in [5, 5.41) is 3.49. The molecule has 1 unspecified atom stereocenters. The minimum Gasteiger partial charge on any atom is -0.381 e. The Morgan fingerprint density at radius 2 is 2.00 bits per heavy atom. The summed E-state index contributed by atoms with van der Waals surface area (Å²) >= 11 is 0. The molecule has 0 aromatic heterocycles. The maximum Gasteiger partial charge on any atom is 0.0507 e. The van der Waals surface area contributed by atoms with E-state index in [4.69, 9.17) is 4.74 Å². The molecule has 3 atom stereocenters. The lowest BCUT2D eigenvalue weighted by Crippen LogP contribution is -2.30. The van der Waals surface area contributed by atoms with Gasteiger partial charge < -0.3 is 15.0 Å². The van der Waals surface area contributed by atoms with Gasteiger partial charge in [0, 0.05) is 26.2 Å². The van der Waals surface area contributed by atoms with E-state index in [1.807, 2.05) is 0 Å². The number of rotatable bonds is 2. The Kier molecular flexibility index (Phi) is 2.48. The van der Waals surface area contributed by atoms with Gasteiger partial charge in [0.15, 0.2) is 0 Å². The van der Waals surface area contributed by atoms with E-state index in [-0.39, 0.29) is 0 Å². The molecule has 80 valence electrons. The van der Waals surface area contributed by atoms with Crippen molar-refractivity contribution < 1.29 is 4.74 Å². The molecule has 14 heavy (non-hydrogen) atoms. The summed E-state index contributed by atoms with van der Waals surface area (Å²) in [7, 11) is 0. The van der Waals surface area contributed by atoms with Crippen LogP contribution in [-0.4, -0.2) is 50.8 Å². The highest BCUT2D eigenvalue weighted by molar-refractivity contribution is 4.91. The van der Waals surface area contributed by atoms with Crippen LogP contribution >= 0.6 is 0 Å². The first-order chi connectivity index (χ1) is 6.92. The lowest BCUT2D eigenvalue weighted by Gasteiger charge is -2.20. The molecule has 3 heterocycles. The van der Waals surface area contributed by atoms with E-state index in [0.717, 1.165) is 31.0 Å². The van der Waals surface area contributed by atoms with Crippen LogP contribution < -0.4 is 5.32 Å². The molecule has 0 aromatic rings. The molecule has 0 aromatic carbocycles. The second-order valence-electron chi connectivity index (χ2n) is 5.13. The average Bonchev–Trinajstić information content (AvgIpc) is 2.78. The fourth-order valence-corrected chi connectivity index (χ4v) is 3.19. The van der Waals surface area contributed by atoms with Crippen molar-refractivity contribution in [3.8, 4) is 0 Å². The number of nitrogens with one attached hydrogen (secondary N) is 1. The molecule has 0 radical (unpaired) electrons. The standard InChI is InChI=1S/C11H20N2O/c1-2-14-8-9(1)5-13-6-10-3-12-4-11(10)7-13/h9-12H,1-8H2/t9?,10-,11+. The van der Waals surface area contributed by atoms with Crippen LogP contribution in [0.15, 0.2) is 0 Å². The monoisotopic (exact) mass is 196 g/mol. The summed E-state index contributed by atoms with van der Waals surface area (Å²) < 4.78 is 5.42. The minimum atomic E-state index is 0.821. The van der Waals surface area contributed by atoms with Crippen molar-refractivity contribution in [3.63, 3.8) is 0 Å². The summed E-state index contributed by atoms with van der Waals surface area (Å²) in [4.78, 5) is 2.66. The van der Waals surface area contributed by atoms with E-state index < -0.39 is 0 Å². The Morgan fingerprint density at radius 1 is 1.21 bits per heavy atom. The van der Waals surface area contributed by atoms with Crippen LogP contribution in [0.5, 0.6) is 0 Å². The molecule has 0 aliphatic carbocycles. The Labute approximate surface area is 85.8 Å². The van der Waals surface area contributed by atoms with E-state index >= 15 is 0 Å². The predicted molar refractivity (Wildman–Crippen MR) is 55.2 cm³/mol. The quantitative estimate of drug-likeness (QED) is 0.681. The lowest BCUT2D eigenvalue weighted by atomic mass is 10.0. The van der Waals surface area contributed by atoms with E-state index in [1.54, 1.807) is 0 Å². The summed E-state index contributed by atoms with van der Waals surface area (Å²) in [5.41, 5.74) is 0. The van der Waals surface area contributed by atoms with E-state index in [9.17, 15) is 0 Å². The van der Waals surface area contributed by atoms with Crippen LogP contribution in [0.2, 0.25) is 0 Å². The number of hydrogen-bond acceptors (Lipinski definition) is 3. The number of fused-ring (bicyclic) bond motifs is 1. The zero-order valence-corrected chi connectivity index (χ0v) is 8.74. The van der Waals surface area contributed by atoms with Crippen molar-refractivity contribution >= 4 is 0 Å². The van der Waals surface area contributed by atoms with Crippen LogP contribution in [-0.2, 0) is 4.74 Å². The molecular weight excluding hydrogens is 176 g/mol. The zero-order chi connectivity index (χ0) is 9.38. The molecule has 1 N–H and O–H groups in total. The molecule has 0 spiro atoms. The van der Waals surface area contributed by atoms with E-state index in [1.165, 1.54) is 39.1 Å². The summed E-state index contributed by atoms with van der Waals surface area (Å²) in [6.45, 7) is 8.44. The van der Waals surface area contributed by atoms with Gasteiger partial charge in [0.2, 0.25) is 0 Å². The molecule has 3 fully saturated rings. The van der Waals surface area contributed by atoms with Gasteiger partial charge in [0.25, 0.3) is 0 Å². The predicted octanol–water partition coefficient (Wildman–Crippen LogP) is 0.174. The van der Waals surface area contributed by atoms with Crippen molar-refractivity contribution in [2.24, 2.45) is 17.8 Å². The molecule has 0 saturated carbocycles. The number of likely N-dealkylation sites (tertiary alicyclic amines) is 1. The summed E-state index contributed by atoms with van der Waals surface area (Å²) in [5.74, 6) is 2.71. The second-order valence-corrected chi connectivity index (χ2v) is 5.13. The number of nitrogens with zero attached hydrogens (tertiary/aromatic N) is 1. The van der Waals surface area contributed by atoms with Crippen molar-refractivity contribution in [2.75, 3.05) is 45.9 Å². The maximum absolute atomic E-state index is 5.42. The third-order valence-corrected chi connectivity index (χ3v) is 4.01. The first-order valence-corrected chi connectivity index (χ1v) is 5.92. The highest BCUT2D eigenvalue weighted by Crippen LogP contribution is 2.27. The van der Waals surface area contributed by atoms with Crippen LogP contribution in [0.4, 0.5) is 0 Å². The molecular formula is C11H20N2O. The molecule has 3 aliphatic heterocycles. The fourth-order valence-electron chi connectivity index (χ4n) is 3.19. The van der Waals surface area contributed by atoms with Gasteiger partial charge in [-0.2, -0.15) is 0 Å². The fraction of sp³-hybridized carbons (Fsp3) is 1.00. The maximum atomic E-state index is 5.42. The van der Waals surface area contributed by atoms with Gasteiger partial charge in [0.1, 0.15) is 0 Å². The van der Waals surface area contributed by atoms with Gasteiger partial charge in [-0.3, -0.25) is 0 Å². The number of ether oxygens (including phenoxy) is 1. The van der Waals surface area contributed by atoms with Gasteiger partial charge in [0.05, 0.1) is 6.61 Å². The lowest BCUT2D eigenvalue weighted by molar-refractivity contribution is 0.172. The molecule has 3 aliphatic rings. The highest BCUT2D eigenvalue weighted by atomic mass is 16.5. The Bertz CT molecular complexity index is 191. The van der Waals surface area contributed by atoms with E-state index in [0.29, 0.717) is 0 Å². The molecule has 3 heteroatoms. The third-order valence-electron chi connectivity index (χ3n) is 4.01. The largest absolute Gasteiger partial charge is 0.381 e. The zero-order valence-electron chi connectivity index (χ0n) is 8.74. The van der Waals surface area contributed by atoms with Gasteiger partial charge in [-0.15, -0.1) is 0 Å². The smallest absolute Gasteiger partial charge is 0.0507 e. The topological polar surface area (TPSA) is 24.5 Å². The molecule has 0 amide bonds. The summed E-state index contributed by atoms with van der Waals surface area (Å²) in [6.07, 6.45) is 1.28. The van der Waals surface area contributed by atoms with Gasteiger partial charge in [-0.1, -0.05) is 0 Å². The van der Waals surface area contributed by atoms with Crippen molar-refractivity contribution in [1.82, 2.24) is 10.2 Å². The third kappa shape index (κ3) is 1.69. The minimum absolute atomic E-state index is 0.821. The highest BCUT2D eigenvalue weighted by Gasteiger charge is 2.36. The number of hydrogen-bond donors (Lipinski definition) is 1. The van der Waals surface area contributed by atoms with Crippen LogP contribution in [0, 0.1) is 17.8 Å². The van der Waals surface area contributed by atoms with Crippen LogP contribution in [0.25, 0.3) is 0 Å². The van der Waals surface area contributed by atoms with Gasteiger partial charge >= 0.3 is 0 Å². The second kappa shape index (κ2) is 3.80. The Balaban J connectivity index is 1.50. The average molecular weight is 196 g/mol. The molecule has 3 saturated heterocycles. The Hall–Kier alpha value is -0.120. The Morgan fingerprint density at radius 3 is 2.64 bits per heavy atom. The SMILES string of the molecule is C1CC(CN2C[C@H]3CNC[C@H]3C2)CO1. The molecule has 3 nitrogen and oxygen atoms in total. The van der Waals surface area contributed by atoms with Crippen molar-refractivity contribution in [1.29, 1.82) is 0 Å². The molecule has 3 rings (SSSR count). The first-order valence-electron chi connectivity index (χ1n) is 5.92. The van der Waals surface area contributed by atoms with Crippen LogP contribution in [0.3, 0.4) is 0 Å². The van der Waals surface area contributed by atoms with Gasteiger partial charge in [-0.25, -0.2) is 0 Å².